The van der Waals surface area contributed by atoms with E-state index in [4.69, 9.17) is 9.73 Å². The molecule has 2 aliphatic rings. The van der Waals surface area contributed by atoms with Crippen molar-refractivity contribution >= 4 is 5.96 Å². The van der Waals surface area contributed by atoms with Gasteiger partial charge in [-0.3, -0.25) is 9.89 Å². The van der Waals surface area contributed by atoms with Crippen molar-refractivity contribution in [2.24, 2.45) is 10.9 Å². The van der Waals surface area contributed by atoms with E-state index in [1.54, 1.807) is 0 Å². The van der Waals surface area contributed by atoms with Gasteiger partial charge in [0.25, 0.3) is 0 Å². The summed E-state index contributed by atoms with van der Waals surface area (Å²) in [5.74, 6) is 1.67. The zero-order valence-electron chi connectivity index (χ0n) is 15.0. The maximum absolute atomic E-state index is 5.39. The second-order valence-electron chi connectivity index (χ2n) is 6.50. The van der Waals surface area contributed by atoms with Crippen LogP contribution in [0.25, 0.3) is 0 Å². The summed E-state index contributed by atoms with van der Waals surface area (Å²) < 4.78 is 5.39. The molecule has 0 saturated carbocycles. The molecule has 0 radical (unpaired) electrons. The summed E-state index contributed by atoms with van der Waals surface area (Å²) in [7, 11) is 0. The van der Waals surface area contributed by atoms with Gasteiger partial charge in [0.05, 0.1) is 13.2 Å². The minimum Gasteiger partial charge on any atom is -0.379 e. The molecule has 2 N–H and O–H groups in total. The number of rotatable bonds is 7. The van der Waals surface area contributed by atoms with Gasteiger partial charge in [-0.25, -0.2) is 0 Å². The molecule has 6 nitrogen and oxygen atoms in total. The van der Waals surface area contributed by atoms with Crippen molar-refractivity contribution in [3.8, 4) is 0 Å². The first-order chi connectivity index (χ1) is 11.3. The van der Waals surface area contributed by atoms with Crippen LogP contribution in [0.5, 0.6) is 0 Å². The Labute approximate surface area is 141 Å². The third kappa shape index (κ3) is 7.06. The molecule has 0 aromatic heterocycles. The monoisotopic (exact) mass is 325 g/mol. The normalized spacial score (nSPS) is 24.6. The van der Waals surface area contributed by atoms with Crippen molar-refractivity contribution in [1.29, 1.82) is 0 Å². The molecule has 0 spiro atoms. The van der Waals surface area contributed by atoms with Crippen LogP contribution in [0.2, 0.25) is 0 Å². The van der Waals surface area contributed by atoms with Gasteiger partial charge in [0, 0.05) is 45.8 Å². The molecule has 134 valence electrons. The number of morpholine rings is 1. The molecule has 23 heavy (non-hydrogen) atoms. The molecule has 2 saturated heterocycles. The molecule has 2 fully saturated rings. The van der Waals surface area contributed by atoms with Gasteiger partial charge in [-0.15, -0.1) is 0 Å². The topological polar surface area (TPSA) is 52.1 Å². The largest absolute Gasteiger partial charge is 0.379 e. The number of hydrogen-bond donors (Lipinski definition) is 2. The molecule has 0 amide bonds. The smallest absolute Gasteiger partial charge is 0.191 e. The van der Waals surface area contributed by atoms with E-state index in [9.17, 15) is 0 Å². The summed E-state index contributed by atoms with van der Waals surface area (Å²) in [6.07, 6.45) is 2.63. The maximum atomic E-state index is 5.39. The van der Waals surface area contributed by atoms with E-state index in [1.165, 1.54) is 25.9 Å². The van der Waals surface area contributed by atoms with E-state index in [0.717, 1.165) is 65.0 Å². The van der Waals surface area contributed by atoms with Crippen molar-refractivity contribution in [3.05, 3.63) is 0 Å². The lowest BCUT2D eigenvalue weighted by molar-refractivity contribution is 0.0389. The number of ether oxygens (including phenoxy) is 1. The summed E-state index contributed by atoms with van der Waals surface area (Å²) in [4.78, 5) is 9.80. The molecule has 0 bridgehead atoms. The number of guanidine groups is 1. The van der Waals surface area contributed by atoms with Crippen molar-refractivity contribution in [3.63, 3.8) is 0 Å². The van der Waals surface area contributed by atoms with E-state index in [2.05, 4.69) is 34.3 Å². The molecule has 0 aromatic carbocycles. The maximum Gasteiger partial charge on any atom is 0.191 e. The Morgan fingerprint density at radius 3 is 2.70 bits per heavy atom. The highest BCUT2D eigenvalue weighted by Crippen LogP contribution is 2.16. The average Bonchev–Trinajstić information content (AvgIpc) is 2.61. The van der Waals surface area contributed by atoms with Gasteiger partial charge >= 0.3 is 0 Å². The summed E-state index contributed by atoms with van der Waals surface area (Å²) in [5.41, 5.74) is 0. The Balaban J connectivity index is 1.70. The Morgan fingerprint density at radius 2 is 1.96 bits per heavy atom. The molecule has 2 heterocycles. The van der Waals surface area contributed by atoms with Gasteiger partial charge in [0.1, 0.15) is 0 Å². The fourth-order valence-electron chi connectivity index (χ4n) is 3.31. The number of piperidine rings is 1. The van der Waals surface area contributed by atoms with Crippen LogP contribution < -0.4 is 10.6 Å². The Hall–Kier alpha value is -0.850. The molecule has 2 rings (SSSR count). The number of likely N-dealkylation sites (tertiary alicyclic amines) is 1. The highest BCUT2D eigenvalue weighted by Gasteiger charge is 2.18. The van der Waals surface area contributed by atoms with E-state index in [0.29, 0.717) is 5.92 Å². The fourth-order valence-corrected chi connectivity index (χ4v) is 3.31. The van der Waals surface area contributed by atoms with Crippen LogP contribution in [0.4, 0.5) is 0 Å². The lowest BCUT2D eigenvalue weighted by Crippen LogP contribution is -2.44. The fraction of sp³-hybridized carbons (Fsp3) is 0.941. The number of aliphatic imine (C=N–C) groups is 1. The zero-order valence-corrected chi connectivity index (χ0v) is 15.0. The summed E-state index contributed by atoms with van der Waals surface area (Å²) in [6.45, 7) is 15.7. The van der Waals surface area contributed by atoms with Crippen molar-refractivity contribution in [2.75, 3.05) is 72.1 Å². The quantitative estimate of drug-likeness (QED) is 0.530. The Kier molecular flexibility index (Phi) is 8.71. The van der Waals surface area contributed by atoms with Crippen LogP contribution in [0.3, 0.4) is 0 Å². The minimum atomic E-state index is 0.707. The lowest BCUT2D eigenvalue weighted by Gasteiger charge is -2.31. The first kappa shape index (κ1) is 18.5. The van der Waals surface area contributed by atoms with Crippen molar-refractivity contribution in [2.45, 2.75) is 26.7 Å². The van der Waals surface area contributed by atoms with Crippen LogP contribution in [0, 0.1) is 5.92 Å². The van der Waals surface area contributed by atoms with Gasteiger partial charge in [0.2, 0.25) is 0 Å². The number of hydrogen-bond acceptors (Lipinski definition) is 4. The molecule has 0 aliphatic carbocycles. The summed E-state index contributed by atoms with van der Waals surface area (Å²) >= 11 is 0. The standard InChI is InChI=1S/C17H35N5O/c1-3-18-17(19-7-9-22-10-12-23-13-11-22)20-14-16-6-5-8-21(4-2)15-16/h16H,3-15H2,1-2H3,(H2,18,19,20). The van der Waals surface area contributed by atoms with Crippen molar-refractivity contribution in [1.82, 2.24) is 20.4 Å². The van der Waals surface area contributed by atoms with Crippen LogP contribution in [-0.2, 0) is 4.74 Å². The first-order valence-electron chi connectivity index (χ1n) is 9.36. The van der Waals surface area contributed by atoms with Gasteiger partial charge in [-0.2, -0.15) is 0 Å². The Bertz CT molecular complexity index is 344. The molecule has 1 atom stereocenters. The van der Waals surface area contributed by atoms with E-state index >= 15 is 0 Å². The SMILES string of the molecule is CCNC(=NCC1CCCN(CC)C1)NCCN1CCOCC1. The van der Waals surface area contributed by atoms with E-state index < -0.39 is 0 Å². The van der Waals surface area contributed by atoms with Gasteiger partial charge < -0.3 is 20.3 Å². The third-order valence-corrected chi connectivity index (χ3v) is 4.73. The second-order valence-corrected chi connectivity index (χ2v) is 6.50. The summed E-state index contributed by atoms with van der Waals surface area (Å²) in [6, 6.07) is 0. The summed E-state index contributed by atoms with van der Waals surface area (Å²) in [5, 5.41) is 6.84. The van der Waals surface area contributed by atoms with Gasteiger partial charge in [-0.1, -0.05) is 6.92 Å². The van der Waals surface area contributed by atoms with E-state index in [-0.39, 0.29) is 0 Å². The molecule has 0 aromatic rings. The molecule has 1 unspecified atom stereocenters. The van der Waals surface area contributed by atoms with Crippen LogP contribution in [0.1, 0.15) is 26.7 Å². The van der Waals surface area contributed by atoms with E-state index in [1.807, 2.05) is 0 Å². The highest BCUT2D eigenvalue weighted by atomic mass is 16.5. The molecular formula is C17H35N5O. The van der Waals surface area contributed by atoms with Crippen LogP contribution >= 0.6 is 0 Å². The average molecular weight is 326 g/mol. The van der Waals surface area contributed by atoms with Gasteiger partial charge in [-0.05, 0) is 38.8 Å². The highest BCUT2D eigenvalue weighted by molar-refractivity contribution is 5.79. The Morgan fingerprint density at radius 1 is 1.13 bits per heavy atom. The molecule has 6 heteroatoms. The first-order valence-corrected chi connectivity index (χ1v) is 9.36. The third-order valence-electron chi connectivity index (χ3n) is 4.73. The lowest BCUT2D eigenvalue weighted by atomic mass is 9.98. The van der Waals surface area contributed by atoms with Gasteiger partial charge in [0.15, 0.2) is 5.96 Å². The van der Waals surface area contributed by atoms with Crippen LogP contribution in [-0.4, -0.2) is 87.9 Å². The predicted molar refractivity (Wildman–Crippen MR) is 96.1 cm³/mol. The number of nitrogens with zero attached hydrogens (tertiary/aromatic N) is 3. The zero-order chi connectivity index (χ0) is 16.3. The van der Waals surface area contributed by atoms with Crippen molar-refractivity contribution < 1.29 is 4.74 Å². The minimum absolute atomic E-state index is 0.707. The molecule has 2 aliphatic heterocycles. The predicted octanol–water partition coefficient (Wildman–Crippen LogP) is 0.606. The van der Waals surface area contributed by atoms with Crippen LogP contribution in [0.15, 0.2) is 4.99 Å². The molecular weight excluding hydrogens is 290 g/mol. The second kappa shape index (κ2) is 10.8. The number of nitrogens with one attached hydrogen (secondary N) is 2.